The van der Waals surface area contributed by atoms with E-state index in [2.05, 4.69) is 15.3 Å². The molecule has 1 amide bonds. The first-order valence-electron chi connectivity index (χ1n) is 5.58. The van der Waals surface area contributed by atoms with Gasteiger partial charge in [-0.25, -0.2) is 9.97 Å². The monoisotopic (exact) mass is 271 g/mol. The molecule has 1 N–H and O–H groups in total. The van der Waals surface area contributed by atoms with Gasteiger partial charge in [-0.3, -0.25) is 4.79 Å². The Morgan fingerprint density at radius 3 is 2.88 bits per heavy atom. The van der Waals surface area contributed by atoms with Crippen molar-refractivity contribution in [2.45, 2.75) is 36.9 Å². The Bertz CT molecular complexity index is 421. The normalized spacial score (nSPS) is 16.1. The lowest BCUT2D eigenvalue weighted by Gasteiger charge is -2.12. The van der Waals surface area contributed by atoms with Gasteiger partial charge in [0.2, 0.25) is 0 Å². The van der Waals surface area contributed by atoms with Gasteiger partial charge in [-0.2, -0.15) is 0 Å². The minimum Gasteiger partial charge on any atom is -0.348 e. The SMILES string of the molecule is CSc1ncc(Cl)c(C(=O)NC2CCCC2)n1. The molecule has 1 aromatic heterocycles. The van der Waals surface area contributed by atoms with E-state index in [0.717, 1.165) is 12.8 Å². The van der Waals surface area contributed by atoms with Gasteiger partial charge in [0.05, 0.1) is 11.2 Å². The van der Waals surface area contributed by atoms with Gasteiger partial charge in [0.1, 0.15) is 0 Å². The number of rotatable bonds is 3. The number of thioether (sulfide) groups is 1. The maximum absolute atomic E-state index is 12.0. The molecular formula is C11H14ClN3OS. The summed E-state index contributed by atoms with van der Waals surface area (Å²) in [6.45, 7) is 0. The Kier molecular flexibility index (Phi) is 4.23. The zero-order valence-corrected chi connectivity index (χ0v) is 11.1. The number of aromatic nitrogens is 2. The molecule has 0 saturated heterocycles. The lowest BCUT2D eigenvalue weighted by atomic mass is 10.2. The molecule has 92 valence electrons. The van der Waals surface area contributed by atoms with Gasteiger partial charge in [-0.05, 0) is 19.1 Å². The second-order valence-corrected chi connectivity index (χ2v) is 5.19. The standard InChI is InChI=1S/C11H14ClN3OS/c1-17-11-13-6-8(12)9(15-11)10(16)14-7-4-2-3-5-7/h6-7H,2-5H2,1H3,(H,14,16). The quantitative estimate of drug-likeness (QED) is 0.678. The highest BCUT2D eigenvalue weighted by atomic mass is 35.5. The summed E-state index contributed by atoms with van der Waals surface area (Å²) in [7, 11) is 0. The van der Waals surface area contributed by atoms with Crippen LogP contribution in [0.1, 0.15) is 36.2 Å². The van der Waals surface area contributed by atoms with Crippen molar-refractivity contribution < 1.29 is 4.79 Å². The average Bonchev–Trinajstić information content (AvgIpc) is 2.82. The molecule has 1 aliphatic carbocycles. The molecule has 0 spiro atoms. The number of amides is 1. The fourth-order valence-electron chi connectivity index (χ4n) is 1.93. The molecule has 0 aromatic carbocycles. The molecule has 0 bridgehead atoms. The molecule has 0 aliphatic heterocycles. The first-order chi connectivity index (χ1) is 8.20. The van der Waals surface area contributed by atoms with E-state index in [1.54, 1.807) is 0 Å². The van der Waals surface area contributed by atoms with Crippen molar-refractivity contribution in [3.63, 3.8) is 0 Å². The lowest BCUT2D eigenvalue weighted by molar-refractivity contribution is 0.0932. The number of nitrogens with zero attached hydrogens (tertiary/aromatic N) is 2. The fourth-order valence-corrected chi connectivity index (χ4v) is 2.45. The maximum Gasteiger partial charge on any atom is 0.271 e. The molecule has 1 aromatic rings. The van der Waals surface area contributed by atoms with Crippen molar-refractivity contribution >= 4 is 29.3 Å². The third kappa shape index (κ3) is 3.10. The third-order valence-corrected chi connectivity index (χ3v) is 3.65. The van der Waals surface area contributed by atoms with Gasteiger partial charge in [-0.1, -0.05) is 36.2 Å². The first-order valence-corrected chi connectivity index (χ1v) is 7.18. The summed E-state index contributed by atoms with van der Waals surface area (Å²) in [6, 6.07) is 0.270. The van der Waals surface area contributed by atoms with Crippen LogP contribution in [0.2, 0.25) is 5.02 Å². The molecule has 1 aliphatic rings. The van der Waals surface area contributed by atoms with Gasteiger partial charge in [0.25, 0.3) is 5.91 Å². The Hall–Kier alpha value is -0.810. The average molecular weight is 272 g/mol. The van der Waals surface area contributed by atoms with Crippen molar-refractivity contribution in [2.75, 3.05) is 6.26 Å². The fraction of sp³-hybridized carbons (Fsp3) is 0.545. The zero-order chi connectivity index (χ0) is 12.3. The summed E-state index contributed by atoms with van der Waals surface area (Å²) < 4.78 is 0. The van der Waals surface area contributed by atoms with E-state index in [1.807, 2.05) is 6.26 Å². The van der Waals surface area contributed by atoms with Crippen molar-refractivity contribution in [1.29, 1.82) is 0 Å². The molecular weight excluding hydrogens is 258 g/mol. The molecule has 0 radical (unpaired) electrons. The van der Waals surface area contributed by atoms with Gasteiger partial charge in [0.15, 0.2) is 10.9 Å². The Morgan fingerprint density at radius 2 is 2.24 bits per heavy atom. The molecule has 4 nitrogen and oxygen atoms in total. The van der Waals surface area contributed by atoms with E-state index in [0.29, 0.717) is 10.2 Å². The second-order valence-electron chi connectivity index (χ2n) is 4.01. The van der Waals surface area contributed by atoms with Crippen LogP contribution in [0.15, 0.2) is 11.4 Å². The van der Waals surface area contributed by atoms with Crippen molar-refractivity contribution in [3.05, 3.63) is 16.9 Å². The molecule has 6 heteroatoms. The number of carbonyl (C=O) groups excluding carboxylic acids is 1. The zero-order valence-electron chi connectivity index (χ0n) is 9.57. The molecule has 0 unspecified atom stereocenters. The second kappa shape index (κ2) is 5.69. The Labute approximate surface area is 110 Å². The Morgan fingerprint density at radius 1 is 1.53 bits per heavy atom. The summed E-state index contributed by atoms with van der Waals surface area (Å²) in [4.78, 5) is 20.1. The van der Waals surface area contributed by atoms with Crippen molar-refractivity contribution in [2.24, 2.45) is 0 Å². The topological polar surface area (TPSA) is 54.9 Å². The third-order valence-electron chi connectivity index (χ3n) is 2.81. The van der Waals surface area contributed by atoms with Crippen LogP contribution in [-0.2, 0) is 0 Å². The van der Waals surface area contributed by atoms with E-state index in [-0.39, 0.29) is 17.6 Å². The lowest BCUT2D eigenvalue weighted by Crippen LogP contribution is -2.33. The first kappa shape index (κ1) is 12.6. The van der Waals surface area contributed by atoms with E-state index in [1.165, 1.54) is 30.8 Å². The number of hydrogen-bond acceptors (Lipinski definition) is 4. The predicted octanol–water partition coefficient (Wildman–Crippen LogP) is 2.52. The van der Waals surface area contributed by atoms with Gasteiger partial charge < -0.3 is 5.32 Å². The summed E-state index contributed by atoms with van der Waals surface area (Å²) >= 11 is 7.33. The number of carbonyl (C=O) groups is 1. The van der Waals surface area contributed by atoms with Crippen molar-refractivity contribution in [1.82, 2.24) is 15.3 Å². The van der Waals surface area contributed by atoms with E-state index in [9.17, 15) is 4.79 Å². The highest BCUT2D eigenvalue weighted by molar-refractivity contribution is 7.98. The maximum atomic E-state index is 12.0. The predicted molar refractivity (Wildman–Crippen MR) is 68.5 cm³/mol. The van der Waals surface area contributed by atoms with Crippen LogP contribution in [0.25, 0.3) is 0 Å². The number of halogens is 1. The summed E-state index contributed by atoms with van der Waals surface area (Å²) in [6.07, 6.45) is 7.79. The van der Waals surface area contributed by atoms with Crippen LogP contribution < -0.4 is 5.32 Å². The van der Waals surface area contributed by atoms with Crippen LogP contribution in [-0.4, -0.2) is 28.2 Å². The van der Waals surface area contributed by atoms with Crippen LogP contribution in [0, 0.1) is 0 Å². The van der Waals surface area contributed by atoms with Gasteiger partial charge in [0, 0.05) is 6.04 Å². The minimum atomic E-state index is -0.195. The molecule has 1 fully saturated rings. The summed E-state index contributed by atoms with van der Waals surface area (Å²) in [5.41, 5.74) is 0.276. The van der Waals surface area contributed by atoms with Gasteiger partial charge >= 0.3 is 0 Å². The van der Waals surface area contributed by atoms with Crippen LogP contribution in [0.3, 0.4) is 0 Å². The highest BCUT2D eigenvalue weighted by Gasteiger charge is 2.20. The number of hydrogen-bond donors (Lipinski definition) is 1. The number of nitrogens with one attached hydrogen (secondary N) is 1. The summed E-state index contributed by atoms with van der Waals surface area (Å²) in [5, 5.41) is 3.83. The summed E-state index contributed by atoms with van der Waals surface area (Å²) in [5.74, 6) is -0.195. The molecule has 1 saturated carbocycles. The van der Waals surface area contributed by atoms with Crippen LogP contribution in [0.5, 0.6) is 0 Å². The van der Waals surface area contributed by atoms with Crippen molar-refractivity contribution in [3.8, 4) is 0 Å². The molecule has 0 atom stereocenters. The van der Waals surface area contributed by atoms with E-state index in [4.69, 9.17) is 11.6 Å². The Balaban J connectivity index is 2.11. The van der Waals surface area contributed by atoms with E-state index >= 15 is 0 Å². The van der Waals surface area contributed by atoms with E-state index < -0.39 is 0 Å². The highest BCUT2D eigenvalue weighted by Crippen LogP contribution is 2.20. The van der Waals surface area contributed by atoms with Gasteiger partial charge in [-0.15, -0.1) is 0 Å². The molecule has 17 heavy (non-hydrogen) atoms. The largest absolute Gasteiger partial charge is 0.348 e. The van der Waals surface area contributed by atoms with Crippen LogP contribution >= 0.6 is 23.4 Å². The smallest absolute Gasteiger partial charge is 0.271 e. The molecule has 1 heterocycles. The van der Waals surface area contributed by atoms with Crippen LogP contribution in [0.4, 0.5) is 0 Å². The molecule has 2 rings (SSSR count). The minimum absolute atomic E-state index is 0.195.